The van der Waals surface area contributed by atoms with Gasteiger partial charge in [0.1, 0.15) is 11.5 Å². The molecular formula is C19H21FN4. The fourth-order valence-electron chi connectivity index (χ4n) is 3.71. The third-order valence-electron chi connectivity index (χ3n) is 5.00. The first kappa shape index (κ1) is 15.1. The summed E-state index contributed by atoms with van der Waals surface area (Å²) in [5, 5.41) is 1.06. The largest absolute Gasteiger partial charge is 0.371 e. The van der Waals surface area contributed by atoms with Crippen LogP contribution in [0.15, 0.2) is 36.9 Å². The summed E-state index contributed by atoms with van der Waals surface area (Å²) in [6.45, 7) is 4.39. The van der Waals surface area contributed by atoms with Crippen LogP contribution in [-0.2, 0) is 0 Å². The van der Waals surface area contributed by atoms with Crippen molar-refractivity contribution in [2.75, 3.05) is 18.0 Å². The van der Waals surface area contributed by atoms with Crippen LogP contribution in [0, 0.1) is 11.7 Å². The molecule has 1 aliphatic rings. The van der Waals surface area contributed by atoms with Gasteiger partial charge < -0.3 is 9.88 Å². The van der Waals surface area contributed by atoms with Gasteiger partial charge in [-0.2, -0.15) is 0 Å². The molecule has 3 aromatic heterocycles. The Morgan fingerprint density at radius 2 is 2.29 bits per heavy atom. The first-order valence-corrected chi connectivity index (χ1v) is 8.58. The number of hydrogen-bond donors (Lipinski definition) is 1. The highest BCUT2D eigenvalue weighted by Crippen LogP contribution is 2.36. The predicted molar refractivity (Wildman–Crippen MR) is 94.5 cm³/mol. The topological polar surface area (TPSA) is 44.8 Å². The SMILES string of the molecule is CC[C@H]1CCCN(c2ccnc3[nH]cc(-c4cncc(F)c4)c23)C1. The van der Waals surface area contributed by atoms with Crippen LogP contribution in [0.3, 0.4) is 0 Å². The summed E-state index contributed by atoms with van der Waals surface area (Å²) in [6, 6.07) is 3.60. The second-order valence-corrected chi connectivity index (χ2v) is 6.51. The Kier molecular flexibility index (Phi) is 3.92. The maximum atomic E-state index is 13.6. The monoisotopic (exact) mass is 324 g/mol. The van der Waals surface area contributed by atoms with Gasteiger partial charge in [-0.3, -0.25) is 4.98 Å². The van der Waals surface area contributed by atoms with Crippen LogP contribution in [0.25, 0.3) is 22.2 Å². The van der Waals surface area contributed by atoms with E-state index in [1.807, 2.05) is 12.4 Å². The molecule has 3 aromatic rings. The van der Waals surface area contributed by atoms with Crippen LogP contribution in [-0.4, -0.2) is 28.0 Å². The van der Waals surface area contributed by atoms with Crippen molar-refractivity contribution < 1.29 is 4.39 Å². The molecule has 4 heterocycles. The molecule has 1 N–H and O–H groups in total. The Morgan fingerprint density at radius 1 is 1.38 bits per heavy atom. The maximum absolute atomic E-state index is 13.6. The smallest absolute Gasteiger partial charge is 0.142 e. The predicted octanol–water partition coefficient (Wildman–Crippen LogP) is 4.39. The van der Waals surface area contributed by atoms with Gasteiger partial charge in [-0.05, 0) is 30.9 Å². The number of fused-ring (bicyclic) bond motifs is 1. The minimum absolute atomic E-state index is 0.323. The molecule has 1 fully saturated rings. The lowest BCUT2D eigenvalue weighted by Crippen LogP contribution is -2.35. The van der Waals surface area contributed by atoms with Gasteiger partial charge in [-0.15, -0.1) is 0 Å². The van der Waals surface area contributed by atoms with Crippen molar-refractivity contribution in [3.05, 3.63) is 42.7 Å². The fourth-order valence-corrected chi connectivity index (χ4v) is 3.71. The zero-order valence-corrected chi connectivity index (χ0v) is 13.8. The van der Waals surface area contributed by atoms with E-state index in [-0.39, 0.29) is 5.82 Å². The van der Waals surface area contributed by atoms with Gasteiger partial charge in [-0.25, -0.2) is 9.37 Å². The molecule has 0 amide bonds. The molecule has 1 atom stereocenters. The van der Waals surface area contributed by atoms with Crippen LogP contribution < -0.4 is 4.90 Å². The van der Waals surface area contributed by atoms with Crippen molar-refractivity contribution in [3.8, 4) is 11.1 Å². The molecule has 0 radical (unpaired) electrons. The van der Waals surface area contributed by atoms with E-state index in [2.05, 4.69) is 32.8 Å². The normalized spacial score (nSPS) is 18.2. The van der Waals surface area contributed by atoms with Gasteiger partial charge >= 0.3 is 0 Å². The molecule has 1 saturated heterocycles. The van der Waals surface area contributed by atoms with Crippen molar-refractivity contribution in [2.45, 2.75) is 26.2 Å². The zero-order valence-electron chi connectivity index (χ0n) is 13.8. The van der Waals surface area contributed by atoms with Crippen molar-refractivity contribution in [1.82, 2.24) is 15.0 Å². The average molecular weight is 324 g/mol. The molecule has 4 nitrogen and oxygen atoms in total. The van der Waals surface area contributed by atoms with Crippen molar-refractivity contribution in [3.63, 3.8) is 0 Å². The van der Waals surface area contributed by atoms with Gasteiger partial charge in [0.15, 0.2) is 0 Å². The molecule has 1 aliphatic heterocycles. The average Bonchev–Trinajstić information content (AvgIpc) is 3.06. The number of pyridine rings is 2. The lowest BCUT2D eigenvalue weighted by molar-refractivity contribution is 0.405. The summed E-state index contributed by atoms with van der Waals surface area (Å²) >= 11 is 0. The van der Waals surface area contributed by atoms with Crippen molar-refractivity contribution in [2.24, 2.45) is 5.92 Å². The molecule has 0 aromatic carbocycles. The van der Waals surface area contributed by atoms with Gasteiger partial charge in [0.05, 0.1) is 6.20 Å². The number of aromatic nitrogens is 3. The molecule has 4 rings (SSSR count). The van der Waals surface area contributed by atoms with E-state index in [9.17, 15) is 4.39 Å². The molecule has 0 saturated carbocycles. The van der Waals surface area contributed by atoms with E-state index in [1.54, 1.807) is 6.20 Å². The second-order valence-electron chi connectivity index (χ2n) is 6.51. The van der Waals surface area contributed by atoms with E-state index in [0.29, 0.717) is 0 Å². The standard InChI is InChI=1S/C19H21FN4/c1-2-13-4-3-7-24(12-13)17-5-6-22-19-18(17)16(11-23-19)14-8-15(20)10-21-9-14/h5-6,8-11,13H,2-4,7,12H2,1H3,(H,22,23)/t13-/m0/s1. The Bertz CT molecular complexity index is 857. The number of nitrogens with one attached hydrogen (secondary N) is 1. The molecular weight excluding hydrogens is 303 g/mol. The summed E-state index contributed by atoms with van der Waals surface area (Å²) in [7, 11) is 0. The van der Waals surface area contributed by atoms with Gasteiger partial charge in [0, 0.05) is 53.9 Å². The quantitative estimate of drug-likeness (QED) is 0.777. The summed E-state index contributed by atoms with van der Waals surface area (Å²) < 4.78 is 13.6. The number of hydrogen-bond acceptors (Lipinski definition) is 3. The summed E-state index contributed by atoms with van der Waals surface area (Å²) in [6.07, 6.45) is 10.4. The van der Waals surface area contributed by atoms with Gasteiger partial charge in [0.2, 0.25) is 0 Å². The van der Waals surface area contributed by atoms with Gasteiger partial charge in [0.25, 0.3) is 0 Å². The van der Waals surface area contributed by atoms with Crippen molar-refractivity contribution in [1.29, 1.82) is 0 Å². The van der Waals surface area contributed by atoms with E-state index >= 15 is 0 Å². The first-order valence-electron chi connectivity index (χ1n) is 8.58. The number of H-pyrrole nitrogens is 1. The maximum Gasteiger partial charge on any atom is 0.142 e. The number of aromatic amines is 1. The van der Waals surface area contributed by atoms with E-state index in [0.717, 1.165) is 41.2 Å². The van der Waals surface area contributed by atoms with Crippen LogP contribution in [0.5, 0.6) is 0 Å². The molecule has 0 bridgehead atoms. The van der Waals surface area contributed by atoms with Gasteiger partial charge in [-0.1, -0.05) is 13.3 Å². The molecule has 0 spiro atoms. The van der Waals surface area contributed by atoms with E-state index < -0.39 is 0 Å². The number of piperidine rings is 1. The molecule has 0 aliphatic carbocycles. The van der Waals surface area contributed by atoms with Crippen LogP contribution in [0.2, 0.25) is 0 Å². The molecule has 124 valence electrons. The highest BCUT2D eigenvalue weighted by Gasteiger charge is 2.22. The van der Waals surface area contributed by atoms with Crippen LogP contribution in [0.1, 0.15) is 26.2 Å². The molecule has 5 heteroatoms. The lowest BCUT2D eigenvalue weighted by atomic mass is 9.94. The highest BCUT2D eigenvalue weighted by atomic mass is 19.1. The Hall–Kier alpha value is -2.43. The third-order valence-corrected chi connectivity index (χ3v) is 5.00. The minimum atomic E-state index is -0.323. The number of nitrogens with zero attached hydrogens (tertiary/aromatic N) is 3. The third kappa shape index (κ3) is 2.64. The Balaban J connectivity index is 1.83. The number of anilines is 1. The Labute approximate surface area is 140 Å². The zero-order chi connectivity index (χ0) is 16.5. The number of rotatable bonds is 3. The summed E-state index contributed by atoms with van der Waals surface area (Å²) in [5.74, 6) is 0.413. The lowest BCUT2D eigenvalue weighted by Gasteiger charge is -2.34. The van der Waals surface area contributed by atoms with Crippen LogP contribution in [0.4, 0.5) is 10.1 Å². The summed E-state index contributed by atoms with van der Waals surface area (Å²) in [4.78, 5) is 14.1. The molecule has 24 heavy (non-hydrogen) atoms. The molecule has 0 unspecified atom stereocenters. The first-order chi connectivity index (χ1) is 11.8. The number of halogens is 1. The van der Waals surface area contributed by atoms with Crippen molar-refractivity contribution >= 4 is 16.7 Å². The van der Waals surface area contributed by atoms with E-state index in [4.69, 9.17) is 0 Å². The van der Waals surface area contributed by atoms with E-state index in [1.165, 1.54) is 37.2 Å². The Morgan fingerprint density at radius 3 is 3.12 bits per heavy atom. The second kappa shape index (κ2) is 6.23. The summed E-state index contributed by atoms with van der Waals surface area (Å²) in [5.41, 5.74) is 3.75. The minimum Gasteiger partial charge on any atom is -0.371 e. The fraction of sp³-hybridized carbons (Fsp3) is 0.368. The highest BCUT2D eigenvalue weighted by molar-refractivity contribution is 6.02. The van der Waals surface area contributed by atoms with Crippen LogP contribution >= 0.6 is 0 Å².